The normalized spacial score (nSPS) is 19.0. The summed E-state index contributed by atoms with van der Waals surface area (Å²) in [5.74, 6) is -0.313. The van der Waals surface area contributed by atoms with Crippen molar-refractivity contribution in [3.63, 3.8) is 0 Å². The Labute approximate surface area is 126 Å². The second-order valence-corrected chi connectivity index (χ2v) is 5.58. The first-order valence-electron chi connectivity index (χ1n) is 7.67. The summed E-state index contributed by atoms with van der Waals surface area (Å²) in [6, 6.07) is 9.63. The smallest absolute Gasteiger partial charge is 0.333 e. The molecule has 0 saturated heterocycles. The van der Waals surface area contributed by atoms with E-state index in [1.165, 1.54) is 26.4 Å². The highest BCUT2D eigenvalue weighted by Gasteiger charge is 2.41. The molecule has 1 aromatic carbocycles. The van der Waals surface area contributed by atoms with Crippen LogP contribution in [0.5, 0.6) is 0 Å². The van der Waals surface area contributed by atoms with Crippen molar-refractivity contribution in [3.8, 4) is 0 Å². The molecule has 4 heteroatoms. The number of hydrogen-bond acceptors (Lipinski definition) is 4. The number of benzene rings is 1. The Hall–Kier alpha value is -1.39. The van der Waals surface area contributed by atoms with Crippen LogP contribution in [-0.2, 0) is 19.8 Å². The second-order valence-electron chi connectivity index (χ2n) is 5.58. The zero-order valence-electron chi connectivity index (χ0n) is 12.9. The lowest BCUT2D eigenvalue weighted by molar-refractivity contribution is -0.153. The van der Waals surface area contributed by atoms with Crippen molar-refractivity contribution in [2.45, 2.75) is 43.7 Å². The minimum absolute atomic E-state index is 0.250. The van der Waals surface area contributed by atoms with Gasteiger partial charge in [0, 0.05) is 0 Å². The van der Waals surface area contributed by atoms with E-state index in [-0.39, 0.29) is 12.1 Å². The minimum Gasteiger partial charge on any atom is -0.467 e. The van der Waals surface area contributed by atoms with Crippen LogP contribution >= 0.6 is 0 Å². The van der Waals surface area contributed by atoms with Crippen molar-refractivity contribution in [3.05, 3.63) is 35.9 Å². The molecular formula is C17H25NO3. The summed E-state index contributed by atoms with van der Waals surface area (Å²) in [5.41, 5.74) is -0.0665. The van der Waals surface area contributed by atoms with Crippen molar-refractivity contribution in [2.75, 3.05) is 20.8 Å². The fourth-order valence-electron chi connectivity index (χ4n) is 2.95. The number of likely N-dealkylation sites (N-methyl/N-ethyl adjacent to an activating group) is 1. The van der Waals surface area contributed by atoms with Gasteiger partial charge in [-0.3, -0.25) is 5.32 Å². The number of esters is 1. The van der Waals surface area contributed by atoms with Crippen LogP contribution in [0.2, 0.25) is 0 Å². The maximum Gasteiger partial charge on any atom is 0.333 e. The molecule has 4 nitrogen and oxygen atoms in total. The van der Waals surface area contributed by atoms with Crippen molar-refractivity contribution in [2.24, 2.45) is 0 Å². The molecule has 1 saturated carbocycles. The number of carbonyl (C=O) groups excluding carboxylic acids is 1. The summed E-state index contributed by atoms with van der Waals surface area (Å²) in [5, 5.41) is 3.12. The van der Waals surface area contributed by atoms with Gasteiger partial charge < -0.3 is 9.47 Å². The summed E-state index contributed by atoms with van der Waals surface area (Å²) in [7, 11) is 3.19. The molecular weight excluding hydrogens is 266 g/mol. The van der Waals surface area contributed by atoms with Gasteiger partial charge in [-0.25, -0.2) is 4.79 Å². The standard InChI is InChI=1S/C17H25NO3/c1-18-17(16(19)20-2,14-9-5-3-6-10-14)13-21-15-11-7-4-8-12-15/h3,5-6,9-10,15,18H,4,7-8,11-13H2,1-2H3. The lowest BCUT2D eigenvalue weighted by atomic mass is 9.90. The molecule has 2 rings (SSSR count). The van der Waals surface area contributed by atoms with Crippen LogP contribution in [0.3, 0.4) is 0 Å². The first kappa shape index (κ1) is 16.0. The third-order valence-corrected chi connectivity index (χ3v) is 4.31. The predicted octanol–water partition coefficient (Wildman–Crippen LogP) is 2.62. The van der Waals surface area contributed by atoms with Crippen molar-refractivity contribution in [1.82, 2.24) is 5.32 Å². The number of hydrogen-bond donors (Lipinski definition) is 1. The van der Waals surface area contributed by atoms with Gasteiger partial charge in [0.05, 0.1) is 19.8 Å². The first-order chi connectivity index (χ1) is 10.2. The van der Waals surface area contributed by atoms with Gasteiger partial charge in [-0.15, -0.1) is 0 Å². The molecule has 1 aliphatic rings. The van der Waals surface area contributed by atoms with Crippen LogP contribution in [0.4, 0.5) is 0 Å². The molecule has 0 aliphatic heterocycles. The Morgan fingerprint density at radius 1 is 1.24 bits per heavy atom. The maximum absolute atomic E-state index is 12.4. The summed E-state index contributed by atoms with van der Waals surface area (Å²) in [4.78, 5) is 12.4. The zero-order valence-corrected chi connectivity index (χ0v) is 12.9. The van der Waals surface area contributed by atoms with E-state index in [9.17, 15) is 4.79 Å². The molecule has 0 amide bonds. The van der Waals surface area contributed by atoms with Crippen molar-refractivity contribution in [1.29, 1.82) is 0 Å². The van der Waals surface area contributed by atoms with E-state index in [1.54, 1.807) is 7.05 Å². The molecule has 1 N–H and O–H groups in total. The van der Waals surface area contributed by atoms with Crippen LogP contribution in [0.15, 0.2) is 30.3 Å². The second kappa shape index (κ2) is 7.57. The number of ether oxygens (including phenoxy) is 2. The molecule has 0 aromatic heterocycles. The van der Waals surface area contributed by atoms with Crippen molar-refractivity contribution >= 4 is 5.97 Å². The molecule has 0 bridgehead atoms. The molecule has 21 heavy (non-hydrogen) atoms. The van der Waals surface area contributed by atoms with Crippen LogP contribution in [0.1, 0.15) is 37.7 Å². The van der Waals surface area contributed by atoms with E-state index in [1.807, 2.05) is 30.3 Å². The molecule has 116 valence electrons. The van der Waals surface area contributed by atoms with Gasteiger partial charge >= 0.3 is 5.97 Å². The molecule has 1 fully saturated rings. The minimum atomic E-state index is -0.937. The molecule has 0 spiro atoms. The summed E-state index contributed by atoms with van der Waals surface area (Å²) in [6.45, 7) is 0.296. The quantitative estimate of drug-likeness (QED) is 0.819. The van der Waals surface area contributed by atoms with E-state index in [0.717, 1.165) is 18.4 Å². The van der Waals surface area contributed by atoms with E-state index >= 15 is 0 Å². The van der Waals surface area contributed by atoms with Gasteiger partial charge in [0.25, 0.3) is 0 Å². The Balaban J connectivity index is 2.16. The van der Waals surface area contributed by atoms with Gasteiger partial charge in [-0.1, -0.05) is 49.6 Å². The summed E-state index contributed by atoms with van der Waals surface area (Å²) < 4.78 is 11.1. The average Bonchev–Trinajstić information content (AvgIpc) is 2.57. The van der Waals surface area contributed by atoms with Gasteiger partial charge in [0.1, 0.15) is 0 Å². The summed E-state index contributed by atoms with van der Waals surface area (Å²) >= 11 is 0. The van der Waals surface area contributed by atoms with Gasteiger partial charge in [-0.05, 0) is 25.5 Å². The molecule has 0 heterocycles. The zero-order chi connectivity index (χ0) is 15.1. The van der Waals surface area contributed by atoms with Gasteiger partial charge in [-0.2, -0.15) is 0 Å². The third-order valence-electron chi connectivity index (χ3n) is 4.31. The van der Waals surface area contributed by atoms with Gasteiger partial charge in [0.2, 0.25) is 0 Å². The number of rotatable bonds is 6. The van der Waals surface area contributed by atoms with E-state index in [0.29, 0.717) is 6.61 Å². The van der Waals surface area contributed by atoms with E-state index in [2.05, 4.69) is 5.32 Å². The Morgan fingerprint density at radius 2 is 1.90 bits per heavy atom. The monoisotopic (exact) mass is 291 g/mol. The lowest BCUT2D eigenvalue weighted by Crippen LogP contribution is -2.52. The average molecular weight is 291 g/mol. The van der Waals surface area contributed by atoms with Crippen LogP contribution in [0.25, 0.3) is 0 Å². The topological polar surface area (TPSA) is 47.6 Å². The fourth-order valence-corrected chi connectivity index (χ4v) is 2.95. The SMILES string of the molecule is CNC(COC1CCCCC1)(C(=O)OC)c1ccccc1. The highest BCUT2D eigenvalue weighted by atomic mass is 16.5. The fraction of sp³-hybridized carbons (Fsp3) is 0.588. The maximum atomic E-state index is 12.4. The van der Waals surface area contributed by atoms with Crippen LogP contribution in [-0.4, -0.2) is 32.8 Å². The molecule has 1 aliphatic carbocycles. The molecule has 1 atom stereocenters. The Morgan fingerprint density at radius 3 is 2.48 bits per heavy atom. The van der Waals surface area contributed by atoms with Gasteiger partial charge in [0.15, 0.2) is 5.54 Å². The molecule has 0 radical (unpaired) electrons. The van der Waals surface area contributed by atoms with Crippen LogP contribution in [0, 0.1) is 0 Å². The third kappa shape index (κ3) is 3.63. The first-order valence-corrected chi connectivity index (χ1v) is 7.67. The van der Waals surface area contributed by atoms with Crippen molar-refractivity contribution < 1.29 is 14.3 Å². The lowest BCUT2D eigenvalue weighted by Gasteiger charge is -2.33. The Kier molecular flexibility index (Phi) is 5.76. The Bertz CT molecular complexity index is 443. The highest BCUT2D eigenvalue weighted by Crippen LogP contribution is 2.27. The van der Waals surface area contributed by atoms with Crippen LogP contribution < -0.4 is 5.32 Å². The predicted molar refractivity (Wildman–Crippen MR) is 82.0 cm³/mol. The highest BCUT2D eigenvalue weighted by molar-refractivity contribution is 5.82. The van der Waals surface area contributed by atoms with E-state index in [4.69, 9.17) is 9.47 Å². The number of methoxy groups -OCH3 is 1. The largest absolute Gasteiger partial charge is 0.467 e. The summed E-state index contributed by atoms with van der Waals surface area (Å²) in [6.07, 6.45) is 6.11. The van der Waals surface area contributed by atoms with E-state index < -0.39 is 5.54 Å². The number of nitrogens with one attached hydrogen (secondary N) is 1. The number of carbonyl (C=O) groups is 1. The molecule has 1 aromatic rings. The molecule has 1 unspecified atom stereocenters.